The van der Waals surface area contributed by atoms with Gasteiger partial charge >= 0.3 is 12.4 Å². The molecule has 0 radical (unpaired) electrons. The lowest BCUT2D eigenvalue weighted by molar-refractivity contribution is -0.164. The maximum absolute atomic E-state index is 14.3. The van der Waals surface area contributed by atoms with Crippen molar-refractivity contribution < 1.29 is 35.9 Å². The van der Waals surface area contributed by atoms with Crippen molar-refractivity contribution in [1.29, 1.82) is 0 Å². The summed E-state index contributed by atoms with van der Waals surface area (Å²) >= 11 is 0.659. The average Bonchev–Trinajstić information content (AvgIpc) is 2.92. The highest BCUT2D eigenvalue weighted by Gasteiger charge is 2.46. The van der Waals surface area contributed by atoms with Crippen LogP contribution in [0.3, 0.4) is 0 Å². The molecular weight excluding hydrogens is 556 g/mol. The molecule has 5 nitrogen and oxygen atoms in total. The van der Waals surface area contributed by atoms with Crippen molar-refractivity contribution in [2.75, 3.05) is 51.3 Å². The molecule has 40 heavy (non-hydrogen) atoms. The molecular formula is C28H31F6N3O2S. The van der Waals surface area contributed by atoms with Gasteiger partial charge in [-0.3, -0.25) is 4.79 Å². The zero-order valence-corrected chi connectivity index (χ0v) is 22.6. The van der Waals surface area contributed by atoms with Gasteiger partial charge in [-0.15, -0.1) is 0 Å². The van der Waals surface area contributed by atoms with Crippen LogP contribution in [-0.4, -0.2) is 67.7 Å². The molecule has 6 rings (SSSR count). The molecule has 12 heteroatoms. The fraction of sp³-hybridized carbons (Fsp3) is 0.536. The maximum atomic E-state index is 14.3. The van der Waals surface area contributed by atoms with Crippen LogP contribution in [0.2, 0.25) is 0 Å². The second kappa shape index (κ2) is 11.8. The van der Waals surface area contributed by atoms with Crippen LogP contribution < -0.4 is 5.32 Å². The van der Waals surface area contributed by atoms with Crippen molar-refractivity contribution in [1.82, 2.24) is 9.80 Å². The van der Waals surface area contributed by atoms with Gasteiger partial charge in [0, 0.05) is 47.6 Å². The first-order chi connectivity index (χ1) is 19.0. The second-order valence-corrected chi connectivity index (χ2v) is 11.6. The number of piperidine rings is 3. The fourth-order valence-electron chi connectivity index (χ4n) is 5.86. The Balaban J connectivity index is 1.39. The van der Waals surface area contributed by atoms with Gasteiger partial charge in [0.15, 0.2) is 0 Å². The molecule has 1 N–H and O–H groups in total. The van der Waals surface area contributed by atoms with Crippen molar-refractivity contribution in [3.63, 3.8) is 0 Å². The normalized spacial score (nSPS) is 23.4. The number of anilines is 1. The minimum atomic E-state index is -5.25. The second-order valence-electron chi connectivity index (χ2n) is 10.5. The Labute approximate surface area is 233 Å². The summed E-state index contributed by atoms with van der Waals surface area (Å²) < 4.78 is 90.6. The number of nitrogens with zero attached hydrogens (tertiary/aromatic N) is 2. The van der Waals surface area contributed by atoms with E-state index in [0.717, 1.165) is 50.3 Å². The van der Waals surface area contributed by atoms with Crippen LogP contribution in [0.4, 0.5) is 32.0 Å². The topological polar surface area (TPSA) is 44.8 Å². The molecule has 2 bridgehead atoms. The molecule has 2 aromatic rings. The standard InChI is InChI=1S/C28H31F6N3O2S/c29-27(30,31)25-19(5-7-24(38)37-12-14-39-15-13-37)4-6-23(26(25)28(32,33)34)40-21-3-1-2-20(16-21)35-22-17-36-10-8-18(22)9-11-36/h1-4,6,16,18,22,35H,5,7-15,17H2. The fourth-order valence-corrected chi connectivity index (χ4v) is 6.90. The van der Waals surface area contributed by atoms with Crippen molar-refractivity contribution >= 4 is 23.4 Å². The number of morpholine rings is 1. The summed E-state index contributed by atoms with van der Waals surface area (Å²) in [6, 6.07) is 9.18. The zero-order chi connectivity index (χ0) is 28.5. The molecule has 0 aliphatic carbocycles. The van der Waals surface area contributed by atoms with Crippen LogP contribution in [-0.2, 0) is 28.3 Å². The van der Waals surface area contributed by atoms with Crippen LogP contribution in [0.5, 0.6) is 0 Å². The van der Waals surface area contributed by atoms with Crippen molar-refractivity contribution in [3.05, 3.63) is 53.1 Å². The van der Waals surface area contributed by atoms with E-state index < -0.39 is 46.3 Å². The third-order valence-corrected chi connectivity index (χ3v) is 8.91. The number of carbonyl (C=O) groups excluding carboxylic acids is 1. The lowest BCUT2D eigenvalue weighted by atomic mass is 9.84. The van der Waals surface area contributed by atoms with Crippen LogP contribution in [0, 0.1) is 5.92 Å². The maximum Gasteiger partial charge on any atom is 0.418 e. The molecule has 0 aromatic heterocycles. The lowest BCUT2D eigenvalue weighted by Gasteiger charge is -2.45. The number of ether oxygens (including phenoxy) is 1. The number of carbonyl (C=O) groups is 1. The molecule has 4 fully saturated rings. The van der Waals surface area contributed by atoms with E-state index in [9.17, 15) is 31.1 Å². The highest BCUT2D eigenvalue weighted by Crippen LogP contribution is 2.48. The monoisotopic (exact) mass is 587 g/mol. The van der Waals surface area contributed by atoms with Gasteiger partial charge in [0.05, 0.1) is 24.3 Å². The summed E-state index contributed by atoms with van der Waals surface area (Å²) in [5.74, 6) is 0.117. The van der Waals surface area contributed by atoms with E-state index in [1.807, 2.05) is 6.07 Å². The van der Waals surface area contributed by atoms with Gasteiger partial charge in [-0.1, -0.05) is 23.9 Å². The van der Waals surface area contributed by atoms with Gasteiger partial charge in [-0.25, -0.2) is 0 Å². The number of hydrogen-bond donors (Lipinski definition) is 1. The van der Waals surface area contributed by atoms with E-state index in [1.54, 1.807) is 18.2 Å². The van der Waals surface area contributed by atoms with Crippen molar-refractivity contribution in [3.8, 4) is 0 Å². The number of nitrogens with one attached hydrogen (secondary N) is 1. The van der Waals surface area contributed by atoms with Gasteiger partial charge in [-0.05, 0) is 68.1 Å². The predicted molar refractivity (Wildman–Crippen MR) is 139 cm³/mol. The highest BCUT2D eigenvalue weighted by atomic mass is 32.2. The summed E-state index contributed by atoms with van der Waals surface area (Å²) in [5, 5.41) is 3.48. The SMILES string of the molecule is O=C(CCc1ccc(Sc2cccc(NC3CN4CCC3CC4)c2)c(C(F)(F)F)c1C(F)(F)F)N1CCOCC1. The third kappa shape index (κ3) is 6.71. The third-order valence-electron chi connectivity index (χ3n) is 7.86. The average molecular weight is 588 g/mol. The van der Waals surface area contributed by atoms with E-state index in [2.05, 4.69) is 10.2 Å². The molecule has 218 valence electrons. The number of amides is 1. The Bertz CT molecular complexity index is 1210. The quantitative estimate of drug-likeness (QED) is 0.393. The van der Waals surface area contributed by atoms with E-state index in [1.165, 1.54) is 4.90 Å². The number of benzene rings is 2. The molecule has 4 aliphatic rings. The molecule has 1 atom stereocenters. The van der Waals surface area contributed by atoms with Crippen molar-refractivity contribution in [2.24, 2.45) is 5.92 Å². The molecule has 0 saturated carbocycles. The molecule has 4 aliphatic heterocycles. The van der Waals surface area contributed by atoms with Gasteiger partial charge < -0.3 is 19.9 Å². The molecule has 4 heterocycles. The number of alkyl halides is 6. The summed E-state index contributed by atoms with van der Waals surface area (Å²) in [7, 11) is 0. The van der Waals surface area contributed by atoms with E-state index in [-0.39, 0.29) is 12.5 Å². The minimum absolute atomic E-state index is 0.227. The number of hydrogen-bond acceptors (Lipinski definition) is 5. The first-order valence-corrected chi connectivity index (χ1v) is 14.2. The first kappa shape index (κ1) is 29.1. The van der Waals surface area contributed by atoms with Crippen LogP contribution >= 0.6 is 11.8 Å². The number of aryl methyl sites for hydroxylation is 1. The zero-order valence-electron chi connectivity index (χ0n) is 21.8. The summed E-state index contributed by atoms with van der Waals surface area (Å²) in [6.45, 7) is 4.28. The van der Waals surface area contributed by atoms with Crippen LogP contribution in [0.1, 0.15) is 36.0 Å². The van der Waals surface area contributed by atoms with Crippen LogP contribution in [0.25, 0.3) is 0 Å². The Morgan fingerprint density at radius 1 is 0.950 bits per heavy atom. The summed E-state index contributed by atoms with van der Waals surface area (Å²) in [6.07, 6.45) is -9.09. The molecule has 1 amide bonds. The van der Waals surface area contributed by atoms with Crippen LogP contribution in [0.15, 0.2) is 46.2 Å². The predicted octanol–water partition coefficient (Wildman–Crippen LogP) is 6.17. The minimum Gasteiger partial charge on any atom is -0.381 e. The Kier molecular flexibility index (Phi) is 8.58. The van der Waals surface area contributed by atoms with Gasteiger partial charge in [0.25, 0.3) is 0 Å². The Morgan fingerprint density at radius 3 is 2.27 bits per heavy atom. The molecule has 2 aromatic carbocycles. The van der Waals surface area contributed by atoms with Gasteiger partial charge in [0.1, 0.15) is 0 Å². The van der Waals surface area contributed by atoms with E-state index >= 15 is 0 Å². The van der Waals surface area contributed by atoms with Crippen molar-refractivity contribution in [2.45, 2.75) is 53.9 Å². The number of halogens is 6. The van der Waals surface area contributed by atoms with E-state index in [0.29, 0.717) is 48.9 Å². The number of rotatable bonds is 7. The largest absolute Gasteiger partial charge is 0.418 e. The molecule has 4 saturated heterocycles. The van der Waals surface area contributed by atoms with Gasteiger partial charge in [-0.2, -0.15) is 26.3 Å². The summed E-state index contributed by atoms with van der Waals surface area (Å²) in [5.41, 5.74) is -3.24. The Morgan fingerprint density at radius 2 is 1.65 bits per heavy atom. The highest BCUT2D eigenvalue weighted by molar-refractivity contribution is 7.99. The smallest absolute Gasteiger partial charge is 0.381 e. The Hall–Kier alpha value is -2.44. The number of fused-ring (bicyclic) bond motifs is 3. The molecule has 1 unspecified atom stereocenters. The van der Waals surface area contributed by atoms with E-state index in [4.69, 9.17) is 4.74 Å². The molecule has 0 spiro atoms. The summed E-state index contributed by atoms with van der Waals surface area (Å²) in [4.78, 5) is 16.2. The van der Waals surface area contributed by atoms with Gasteiger partial charge in [0.2, 0.25) is 5.91 Å². The first-order valence-electron chi connectivity index (χ1n) is 13.4. The lowest BCUT2D eigenvalue weighted by Crippen LogP contribution is -2.53.